The van der Waals surface area contributed by atoms with Gasteiger partial charge in [0.15, 0.2) is 0 Å². The van der Waals surface area contributed by atoms with Crippen LogP contribution in [0.1, 0.15) is 28.2 Å². The Morgan fingerprint density at radius 2 is 1.61 bits per heavy atom. The van der Waals surface area contributed by atoms with Crippen LogP contribution >= 0.6 is 27.5 Å². The number of fused-ring (bicyclic) bond motifs is 3. The summed E-state index contributed by atoms with van der Waals surface area (Å²) in [6.07, 6.45) is -0.753. The summed E-state index contributed by atoms with van der Waals surface area (Å²) in [5, 5.41) is 12.8. The summed E-state index contributed by atoms with van der Waals surface area (Å²) >= 11 is 9.64. The van der Waals surface area contributed by atoms with Gasteiger partial charge < -0.3 is 24.6 Å². The molecule has 0 saturated carbocycles. The van der Waals surface area contributed by atoms with E-state index in [0.717, 1.165) is 26.7 Å². The van der Waals surface area contributed by atoms with E-state index in [-0.39, 0.29) is 25.6 Å². The molecule has 4 aromatic rings. The van der Waals surface area contributed by atoms with Crippen LogP contribution in [0.15, 0.2) is 89.4 Å². The molecule has 0 fully saturated rings. The molecule has 7 nitrogen and oxygen atoms in total. The Morgan fingerprint density at radius 3 is 2.24 bits per heavy atom. The lowest BCUT2D eigenvalue weighted by molar-refractivity contribution is -0.139. The number of rotatable bonds is 10. The Kier molecular flexibility index (Phi) is 8.81. The number of nitrogens with one attached hydrogen (secondary N) is 1. The standard InChI is InChI=1S/C32H27BrClNO6/c1-39-29-12-10-19(14-20(29)17-40-30-13-11-21(33)16-27(30)34)15-28(31(36)37)35-32(38)41-18-26-24-8-4-2-6-22(24)23-7-3-5-9-25(23)26/h2-14,16,26,28H,15,17-18H2,1H3,(H,35,38)(H,36,37). The smallest absolute Gasteiger partial charge is 0.407 e. The second kappa shape index (κ2) is 12.7. The van der Waals surface area contributed by atoms with E-state index in [0.29, 0.717) is 27.6 Å². The van der Waals surface area contributed by atoms with Crippen LogP contribution < -0.4 is 14.8 Å². The minimum atomic E-state index is -1.20. The lowest BCUT2D eigenvalue weighted by Crippen LogP contribution is -2.42. The molecular formula is C32H27BrClNO6. The fourth-order valence-corrected chi connectivity index (χ4v) is 5.77. The van der Waals surface area contributed by atoms with Gasteiger partial charge in [-0.1, -0.05) is 82.1 Å². The van der Waals surface area contributed by atoms with Crippen LogP contribution in [0, 0.1) is 0 Å². The van der Waals surface area contributed by atoms with E-state index in [9.17, 15) is 14.7 Å². The maximum Gasteiger partial charge on any atom is 0.407 e. The molecule has 1 amide bonds. The number of methoxy groups -OCH3 is 1. The largest absolute Gasteiger partial charge is 0.496 e. The fraction of sp³-hybridized carbons (Fsp3) is 0.188. The molecule has 0 heterocycles. The second-order valence-corrected chi connectivity index (χ2v) is 10.9. The van der Waals surface area contributed by atoms with Crippen molar-refractivity contribution in [3.05, 3.63) is 117 Å². The average Bonchev–Trinajstić information content (AvgIpc) is 3.29. The number of carboxylic acids is 1. The second-order valence-electron chi connectivity index (χ2n) is 9.57. The Bertz CT molecular complexity index is 1550. The highest BCUT2D eigenvalue weighted by atomic mass is 79.9. The van der Waals surface area contributed by atoms with Gasteiger partial charge in [-0.25, -0.2) is 9.59 Å². The van der Waals surface area contributed by atoms with Crippen LogP contribution in [-0.4, -0.2) is 36.9 Å². The van der Waals surface area contributed by atoms with E-state index >= 15 is 0 Å². The third-order valence-electron chi connectivity index (χ3n) is 7.00. The number of carbonyl (C=O) groups excluding carboxylic acids is 1. The molecule has 1 aliphatic carbocycles. The van der Waals surface area contributed by atoms with Gasteiger partial charge in [0.2, 0.25) is 0 Å². The van der Waals surface area contributed by atoms with Crippen molar-refractivity contribution in [1.29, 1.82) is 0 Å². The summed E-state index contributed by atoms with van der Waals surface area (Å²) in [6, 6.07) is 25.4. The third-order valence-corrected chi connectivity index (χ3v) is 7.78. The topological polar surface area (TPSA) is 94.1 Å². The van der Waals surface area contributed by atoms with E-state index in [1.807, 2.05) is 42.5 Å². The van der Waals surface area contributed by atoms with E-state index in [2.05, 4.69) is 33.4 Å². The highest BCUT2D eigenvalue weighted by molar-refractivity contribution is 9.10. The molecule has 0 spiro atoms. The molecule has 9 heteroatoms. The summed E-state index contributed by atoms with van der Waals surface area (Å²) in [4.78, 5) is 24.8. The van der Waals surface area contributed by atoms with E-state index in [1.54, 1.807) is 37.4 Å². The maximum atomic E-state index is 12.8. The van der Waals surface area contributed by atoms with Gasteiger partial charge in [-0.2, -0.15) is 0 Å². The zero-order chi connectivity index (χ0) is 28.9. The van der Waals surface area contributed by atoms with Crippen LogP contribution in [0.4, 0.5) is 4.79 Å². The summed E-state index contributed by atoms with van der Waals surface area (Å²) in [6.45, 7) is 0.241. The summed E-state index contributed by atoms with van der Waals surface area (Å²) < 4.78 is 17.7. The van der Waals surface area contributed by atoms with Crippen molar-refractivity contribution < 1.29 is 28.9 Å². The minimum Gasteiger partial charge on any atom is -0.496 e. The van der Waals surface area contributed by atoms with Gasteiger partial charge in [-0.15, -0.1) is 0 Å². The van der Waals surface area contributed by atoms with Crippen LogP contribution in [0.3, 0.4) is 0 Å². The quantitative estimate of drug-likeness (QED) is 0.191. The van der Waals surface area contributed by atoms with Crippen LogP contribution in [-0.2, 0) is 22.6 Å². The van der Waals surface area contributed by atoms with Crippen molar-refractivity contribution >= 4 is 39.6 Å². The first kappa shape index (κ1) is 28.5. The van der Waals surface area contributed by atoms with Crippen molar-refractivity contribution in [2.75, 3.05) is 13.7 Å². The van der Waals surface area contributed by atoms with Crippen molar-refractivity contribution in [2.45, 2.75) is 25.0 Å². The Balaban J connectivity index is 1.24. The zero-order valence-electron chi connectivity index (χ0n) is 22.1. The van der Waals surface area contributed by atoms with Crippen LogP contribution in [0.25, 0.3) is 11.1 Å². The number of carbonyl (C=O) groups is 2. The number of halogens is 2. The fourth-order valence-electron chi connectivity index (χ4n) is 5.04. The maximum absolute atomic E-state index is 12.8. The number of benzene rings is 4. The highest BCUT2D eigenvalue weighted by Gasteiger charge is 2.30. The normalized spacial score (nSPS) is 12.7. The summed E-state index contributed by atoms with van der Waals surface area (Å²) in [5.74, 6) is -0.213. The van der Waals surface area contributed by atoms with E-state index < -0.39 is 18.1 Å². The number of carboxylic acid groups (broad SMARTS) is 1. The monoisotopic (exact) mass is 635 g/mol. The Labute approximate surface area is 251 Å². The van der Waals surface area contributed by atoms with Crippen molar-refractivity contribution in [3.8, 4) is 22.6 Å². The predicted molar refractivity (Wildman–Crippen MR) is 160 cm³/mol. The average molecular weight is 637 g/mol. The summed E-state index contributed by atoms with van der Waals surface area (Å²) in [5.41, 5.74) is 5.76. The number of alkyl carbamates (subject to hydrolysis) is 1. The molecule has 1 unspecified atom stereocenters. The SMILES string of the molecule is COc1ccc(CC(NC(=O)OCC2c3ccccc3-c3ccccc32)C(=O)O)cc1COc1ccc(Br)cc1Cl. The third kappa shape index (κ3) is 6.50. The number of ether oxygens (including phenoxy) is 3. The molecule has 1 aliphatic rings. The predicted octanol–water partition coefficient (Wildman–Crippen LogP) is 7.22. The zero-order valence-corrected chi connectivity index (χ0v) is 24.4. The molecule has 0 saturated heterocycles. The number of hydrogen-bond donors (Lipinski definition) is 2. The molecule has 41 heavy (non-hydrogen) atoms. The minimum absolute atomic E-state index is 0.0373. The van der Waals surface area contributed by atoms with Gasteiger partial charge in [0.25, 0.3) is 0 Å². The van der Waals surface area contributed by atoms with Gasteiger partial charge in [0.1, 0.15) is 30.8 Å². The Morgan fingerprint density at radius 1 is 0.951 bits per heavy atom. The van der Waals surface area contributed by atoms with E-state index in [4.69, 9.17) is 25.8 Å². The first-order chi connectivity index (χ1) is 19.8. The number of amides is 1. The molecule has 5 rings (SSSR count). The highest BCUT2D eigenvalue weighted by Crippen LogP contribution is 2.44. The van der Waals surface area contributed by atoms with Crippen LogP contribution in [0.5, 0.6) is 11.5 Å². The van der Waals surface area contributed by atoms with Crippen molar-refractivity contribution in [2.24, 2.45) is 0 Å². The summed E-state index contributed by atoms with van der Waals surface area (Å²) in [7, 11) is 1.55. The molecular weight excluding hydrogens is 610 g/mol. The first-order valence-electron chi connectivity index (χ1n) is 12.9. The van der Waals surface area contributed by atoms with Crippen molar-refractivity contribution in [1.82, 2.24) is 5.32 Å². The van der Waals surface area contributed by atoms with Gasteiger partial charge in [-0.3, -0.25) is 0 Å². The van der Waals surface area contributed by atoms with Gasteiger partial charge in [-0.05, 0) is 58.1 Å². The lowest BCUT2D eigenvalue weighted by atomic mass is 9.98. The first-order valence-corrected chi connectivity index (χ1v) is 14.1. The molecule has 0 aliphatic heterocycles. The molecule has 0 bridgehead atoms. The molecule has 210 valence electrons. The van der Waals surface area contributed by atoms with Crippen molar-refractivity contribution in [3.63, 3.8) is 0 Å². The number of hydrogen-bond acceptors (Lipinski definition) is 5. The van der Waals surface area contributed by atoms with Crippen LogP contribution in [0.2, 0.25) is 5.02 Å². The molecule has 1 atom stereocenters. The molecule has 0 aromatic heterocycles. The van der Waals surface area contributed by atoms with Gasteiger partial charge in [0, 0.05) is 22.4 Å². The van der Waals surface area contributed by atoms with Gasteiger partial charge in [0.05, 0.1) is 12.1 Å². The molecule has 0 radical (unpaired) electrons. The molecule has 2 N–H and O–H groups in total. The molecule has 4 aromatic carbocycles. The number of aliphatic carboxylic acids is 1. The van der Waals surface area contributed by atoms with Gasteiger partial charge >= 0.3 is 12.1 Å². The Hall–Kier alpha value is -4.01. The van der Waals surface area contributed by atoms with E-state index in [1.165, 1.54) is 0 Å². The lowest BCUT2D eigenvalue weighted by Gasteiger charge is -2.18.